The molecule has 2 aromatic heterocycles. The van der Waals surface area contributed by atoms with Gasteiger partial charge in [0.25, 0.3) is 5.91 Å². The summed E-state index contributed by atoms with van der Waals surface area (Å²) in [6.07, 6.45) is 1.67. The van der Waals surface area contributed by atoms with E-state index in [1.807, 2.05) is 53.1 Å². The predicted octanol–water partition coefficient (Wildman–Crippen LogP) is 2.29. The number of fused-ring (bicyclic) bond motifs is 4. The lowest BCUT2D eigenvalue weighted by Gasteiger charge is -2.14. The first-order valence-electron chi connectivity index (χ1n) is 8.82. The summed E-state index contributed by atoms with van der Waals surface area (Å²) in [6, 6.07) is 15.4. The lowest BCUT2D eigenvalue weighted by molar-refractivity contribution is -0.117. The SMILES string of the molecule is O=C(NCC(=O)N1CCn2c1nc1ccccc12)c1c[nH]c2ccccc12. The largest absolute Gasteiger partial charge is 0.360 e. The van der Waals surface area contributed by atoms with Gasteiger partial charge in [-0.05, 0) is 18.2 Å². The Labute approximate surface area is 154 Å². The predicted molar refractivity (Wildman–Crippen MR) is 103 cm³/mol. The standard InChI is InChI=1S/C20H17N5O2/c26-18(12-22-19(27)14-11-21-15-6-2-1-5-13(14)15)25-10-9-24-17-8-4-3-7-16(17)23-20(24)25/h1-8,11,21H,9-10,12H2,(H,22,27). The van der Waals surface area contributed by atoms with E-state index in [0.29, 0.717) is 24.6 Å². The number of rotatable bonds is 3. The van der Waals surface area contributed by atoms with Gasteiger partial charge in [0.05, 0.1) is 23.1 Å². The van der Waals surface area contributed by atoms with Gasteiger partial charge in [-0.15, -0.1) is 0 Å². The molecule has 0 saturated carbocycles. The first-order chi connectivity index (χ1) is 13.2. The van der Waals surface area contributed by atoms with E-state index >= 15 is 0 Å². The molecule has 0 radical (unpaired) electrons. The maximum Gasteiger partial charge on any atom is 0.253 e. The number of amides is 2. The fourth-order valence-electron chi connectivity index (χ4n) is 3.63. The van der Waals surface area contributed by atoms with Gasteiger partial charge in [0.1, 0.15) is 0 Å². The van der Waals surface area contributed by atoms with Gasteiger partial charge < -0.3 is 14.9 Å². The van der Waals surface area contributed by atoms with E-state index in [-0.39, 0.29) is 18.4 Å². The molecule has 0 spiro atoms. The minimum atomic E-state index is -0.270. The van der Waals surface area contributed by atoms with Crippen LogP contribution < -0.4 is 10.2 Å². The zero-order chi connectivity index (χ0) is 18.4. The number of aromatic nitrogens is 3. The monoisotopic (exact) mass is 359 g/mol. The summed E-state index contributed by atoms with van der Waals surface area (Å²) in [5, 5.41) is 3.57. The van der Waals surface area contributed by atoms with Gasteiger partial charge in [-0.2, -0.15) is 0 Å². The fraction of sp³-hybridized carbons (Fsp3) is 0.150. The third-order valence-corrected chi connectivity index (χ3v) is 4.96. The van der Waals surface area contributed by atoms with E-state index < -0.39 is 0 Å². The van der Waals surface area contributed by atoms with E-state index in [0.717, 1.165) is 21.9 Å². The Morgan fingerprint density at radius 1 is 1.07 bits per heavy atom. The second-order valence-corrected chi connectivity index (χ2v) is 6.53. The van der Waals surface area contributed by atoms with E-state index in [1.165, 1.54) is 0 Å². The molecular weight excluding hydrogens is 342 g/mol. The van der Waals surface area contributed by atoms with Crippen LogP contribution in [-0.4, -0.2) is 39.4 Å². The summed E-state index contributed by atoms with van der Waals surface area (Å²) in [5.74, 6) is 0.202. The van der Waals surface area contributed by atoms with Crippen LogP contribution in [0.3, 0.4) is 0 Å². The molecule has 0 aliphatic carbocycles. The van der Waals surface area contributed by atoms with Crippen molar-refractivity contribution in [1.82, 2.24) is 19.9 Å². The van der Waals surface area contributed by atoms with Crippen molar-refractivity contribution in [3.8, 4) is 0 Å². The fourth-order valence-corrected chi connectivity index (χ4v) is 3.63. The maximum atomic E-state index is 12.7. The van der Waals surface area contributed by atoms with Crippen LogP contribution in [0.4, 0.5) is 5.95 Å². The van der Waals surface area contributed by atoms with E-state index in [9.17, 15) is 9.59 Å². The van der Waals surface area contributed by atoms with Gasteiger partial charge >= 0.3 is 0 Å². The van der Waals surface area contributed by atoms with Gasteiger partial charge in [0, 0.05) is 30.2 Å². The third kappa shape index (κ3) is 2.47. The number of aromatic amines is 1. The van der Waals surface area contributed by atoms with Gasteiger partial charge in [-0.25, -0.2) is 4.98 Å². The van der Waals surface area contributed by atoms with E-state index in [1.54, 1.807) is 11.1 Å². The molecule has 5 rings (SSSR count). The molecule has 2 amide bonds. The number of nitrogens with one attached hydrogen (secondary N) is 2. The average Bonchev–Trinajstić information content (AvgIpc) is 3.38. The highest BCUT2D eigenvalue weighted by atomic mass is 16.2. The minimum absolute atomic E-state index is 0.0679. The zero-order valence-corrected chi connectivity index (χ0v) is 14.5. The van der Waals surface area contributed by atoms with Crippen LogP contribution in [0.25, 0.3) is 21.9 Å². The van der Waals surface area contributed by atoms with Crippen LogP contribution in [0.5, 0.6) is 0 Å². The summed E-state index contributed by atoms with van der Waals surface area (Å²) in [5.41, 5.74) is 3.31. The summed E-state index contributed by atoms with van der Waals surface area (Å²) in [6.45, 7) is 1.20. The molecule has 0 unspecified atom stereocenters. The lowest BCUT2D eigenvalue weighted by atomic mass is 10.1. The number of carbonyl (C=O) groups is 2. The molecule has 134 valence electrons. The summed E-state index contributed by atoms with van der Waals surface area (Å²) >= 11 is 0. The molecule has 0 atom stereocenters. The summed E-state index contributed by atoms with van der Waals surface area (Å²) in [7, 11) is 0. The molecule has 3 heterocycles. The number of imidazole rings is 1. The molecule has 1 aliphatic rings. The maximum absolute atomic E-state index is 12.7. The Morgan fingerprint density at radius 2 is 1.89 bits per heavy atom. The average molecular weight is 359 g/mol. The normalized spacial score (nSPS) is 13.3. The van der Waals surface area contributed by atoms with Gasteiger partial charge in [-0.3, -0.25) is 14.5 Å². The number of carbonyl (C=O) groups excluding carboxylic acids is 2. The molecule has 0 bridgehead atoms. The van der Waals surface area contributed by atoms with Crippen molar-refractivity contribution in [2.24, 2.45) is 0 Å². The lowest BCUT2D eigenvalue weighted by Crippen LogP contribution is -2.39. The van der Waals surface area contributed by atoms with Gasteiger partial charge in [0.15, 0.2) is 0 Å². The third-order valence-electron chi connectivity index (χ3n) is 4.96. The van der Waals surface area contributed by atoms with Crippen LogP contribution in [0.1, 0.15) is 10.4 Å². The Hall–Kier alpha value is -3.61. The highest BCUT2D eigenvalue weighted by Gasteiger charge is 2.28. The van der Waals surface area contributed by atoms with Crippen molar-refractivity contribution in [2.75, 3.05) is 18.0 Å². The number of benzene rings is 2. The first-order valence-corrected chi connectivity index (χ1v) is 8.82. The van der Waals surface area contributed by atoms with Crippen molar-refractivity contribution < 1.29 is 9.59 Å². The zero-order valence-electron chi connectivity index (χ0n) is 14.5. The number of anilines is 1. The second-order valence-electron chi connectivity index (χ2n) is 6.53. The highest BCUT2D eigenvalue weighted by molar-refractivity contribution is 6.08. The van der Waals surface area contributed by atoms with E-state index in [4.69, 9.17) is 0 Å². The Balaban J connectivity index is 1.33. The number of hydrogen-bond donors (Lipinski definition) is 2. The number of hydrogen-bond acceptors (Lipinski definition) is 3. The molecular formula is C20H17N5O2. The minimum Gasteiger partial charge on any atom is -0.360 e. The Morgan fingerprint density at radius 3 is 2.81 bits per heavy atom. The van der Waals surface area contributed by atoms with Crippen molar-refractivity contribution in [3.63, 3.8) is 0 Å². The topological polar surface area (TPSA) is 83.0 Å². The number of para-hydroxylation sites is 3. The molecule has 27 heavy (non-hydrogen) atoms. The Bertz CT molecular complexity index is 1190. The smallest absolute Gasteiger partial charge is 0.253 e. The highest BCUT2D eigenvalue weighted by Crippen LogP contribution is 2.27. The molecule has 4 aromatic rings. The van der Waals surface area contributed by atoms with Gasteiger partial charge in [0.2, 0.25) is 11.9 Å². The quantitative estimate of drug-likeness (QED) is 0.589. The molecule has 7 heteroatoms. The van der Waals surface area contributed by atoms with Crippen LogP contribution in [-0.2, 0) is 11.3 Å². The van der Waals surface area contributed by atoms with Gasteiger partial charge in [-0.1, -0.05) is 30.3 Å². The molecule has 2 N–H and O–H groups in total. The van der Waals surface area contributed by atoms with Crippen LogP contribution in [0, 0.1) is 0 Å². The first kappa shape index (κ1) is 15.6. The summed E-state index contributed by atoms with van der Waals surface area (Å²) in [4.78, 5) is 34.4. The van der Waals surface area contributed by atoms with Crippen molar-refractivity contribution in [2.45, 2.75) is 6.54 Å². The molecule has 0 saturated heterocycles. The van der Waals surface area contributed by atoms with Crippen molar-refractivity contribution in [3.05, 3.63) is 60.3 Å². The Kier molecular flexibility index (Phi) is 3.46. The van der Waals surface area contributed by atoms with Crippen molar-refractivity contribution >= 4 is 39.7 Å². The molecule has 1 aliphatic heterocycles. The van der Waals surface area contributed by atoms with Crippen LogP contribution in [0.2, 0.25) is 0 Å². The van der Waals surface area contributed by atoms with Crippen LogP contribution in [0.15, 0.2) is 54.7 Å². The van der Waals surface area contributed by atoms with E-state index in [2.05, 4.69) is 15.3 Å². The number of H-pyrrole nitrogens is 1. The molecule has 2 aromatic carbocycles. The van der Waals surface area contributed by atoms with Crippen LogP contribution >= 0.6 is 0 Å². The summed E-state index contributed by atoms with van der Waals surface area (Å²) < 4.78 is 2.04. The number of nitrogens with zero attached hydrogens (tertiary/aromatic N) is 3. The molecule has 0 fully saturated rings. The molecule has 7 nitrogen and oxygen atoms in total. The van der Waals surface area contributed by atoms with Crippen molar-refractivity contribution in [1.29, 1.82) is 0 Å². The second kappa shape index (κ2) is 5.98.